The first kappa shape index (κ1) is 8.18. The third-order valence-corrected chi connectivity index (χ3v) is 3.37. The van der Waals surface area contributed by atoms with E-state index in [1.165, 1.54) is 6.04 Å². The Morgan fingerprint density at radius 3 is 2.00 bits per heavy atom. The molecular weight excluding hydrogens is 114 g/mol. The molecule has 0 aromatic carbocycles. The highest BCUT2D eigenvalue weighted by atomic mass is 28.2. The minimum Gasteiger partial charge on any atom is -0.345 e. The van der Waals surface area contributed by atoms with E-state index in [-0.39, 0.29) is 9.68 Å². The fraction of sp³-hybridized carbons (Fsp3) is 1.00. The Bertz CT molecular complexity index is 56.0. The molecule has 50 valence electrons. The maximum absolute atomic E-state index is 3.26. The number of hydrogen-bond acceptors (Lipinski definition) is 1. The summed E-state index contributed by atoms with van der Waals surface area (Å²) in [5.74, 6) is 0. The van der Waals surface area contributed by atoms with Crippen molar-refractivity contribution < 1.29 is 0 Å². The lowest BCUT2D eigenvalue weighted by Gasteiger charge is -2.16. The van der Waals surface area contributed by atoms with Gasteiger partial charge in [-0.05, 0) is 18.5 Å². The summed E-state index contributed by atoms with van der Waals surface area (Å²) in [5.41, 5.74) is 0.551. The maximum atomic E-state index is 3.26. The van der Waals surface area contributed by atoms with Crippen LogP contribution in [0.3, 0.4) is 0 Å². The predicted octanol–water partition coefficient (Wildman–Crippen LogP) is 0.754. The van der Waals surface area contributed by atoms with Crippen molar-refractivity contribution in [2.24, 2.45) is 5.41 Å². The van der Waals surface area contributed by atoms with E-state index in [0.29, 0.717) is 5.41 Å². The highest BCUT2D eigenvalue weighted by molar-refractivity contribution is 6.32. The second kappa shape index (κ2) is 3.25. The van der Waals surface area contributed by atoms with Gasteiger partial charge in [0.2, 0.25) is 0 Å². The summed E-state index contributed by atoms with van der Waals surface area (Å²) >= 11 is 0. The topological polar surface area (TPSA) is 12.0 Å². The molecule has 1 nitrogen and oxygen atoms in total. The largest absolute Gasteiger partial charge is 0.345 e. The van der Waals surface area contributed by atoms with Gasteiger partial charge in [-0.15, -0.1) is 0 Å². The maximum Gasteiger partial charge on any atom is 0.0918 e. The summed E-state index contributed by atoms with van der Waals surface area (Å²) in [6, 6.07) is 1.39. The van der Waals surface area contributed by atoms with Crippen molar-refractivity contribution in [3.63, 3.8) is 0 Å². The lowest BCUT2D eigenvalue weighted by atomic mass is 10.0. The molecule has 0 radical (unpaired) electrons. The van der Waals surface area contributed by atoms with Gasteiger partial charge in [0.05, 0.1) is 9.68 Å². The van der Waals surface area contributed by atoms with Crippen LogP contribution in [0.15, 0.2) is 0 Å². The quantitative estimate of drug-likeness (QED) is 0.545. The van der Waals surface area contributed by atoms with E-state index < -0.39 is 0 Å². The summed E-state index contributed by atoms with van der Waals surface area (Å²) < 4.78 is 0. The predicted molar refractivity (Wildman–Crippen MR) is 41.9 cm³/mol. The Balaban J connectivity index is 3.11. The molecule has 0 saturated heterocycles. The van der Waals surface area contributed by atoms with Crippen molar-refractivity contribution in [3.05, 3.63) is 0 Å². The molecule has 0 bridgehead atoms. The number of rotatable bonds is 2. The van der Waals surface area contributed by atoms with Gasteiger partial charge in [-0.1, -0.05) is 20.8 Å². The summed E-state index contributed by atoms with van der Waals surface area (Å²) in [6.07, 6.45) is 0. The Labute approximate surface area is 54.8 Å². The first-order chi connectivity index (χ1) is 3.56. The third-order valence-electron chi connectivity index (χ3n) is 1.12. The van der Waals surface area contributed by atoms with Crippen molar-refractivity contribution in [3.8, 4) is 0 Å². The Hall–Kier alpha value is 0.177. The number of nitrogens with one attached hydrogen (secondary N) is 1. The molecule has 0 unspecified atom stereocenters. The average Bonchev–Trinajstić information content (AvgIpc) is 1.59. The Kier molecular flexibility index (Phi) is 3.32. The van der Waals surface area contributed by atoms with E-state index >= 15 is 0 Å². The minimum absolute atomic E-state index is 0.0675. The molecular formula is C6H17NSi. The summed E-state index contributed by atoms with van der Waals surface area (Å²) in [7, 11) is 2.12. The first-order valence-electron chi connectivity index (χ1n) is 3.21. The molecule has 0 aliphatic rings. The second-order valence-corrected chi connectivity index (χ2v) is 5.12. The second-order valence-electron chi connectivity index (χ2n) is 3.41. The average molecular weight is 131 g/mol. The van der Waals surface area contributed by atoms with E-state index in [1.807, 2.05) is 0 Å². The van der Waals surface area contributed by atoms with E-state index in [4.69, 9.17) is 0 Å². The van der Waals surface area contributed by atoms with E-state index in [9.17, 15) is 0 Å². The van der Waals surface area contributed by atoms with Crippen LogP contribution in [0.4, 0.5) is 0 Å². The Morgan fingerprint density at radius 1 is 1.38 bits per heavy atom. The molecule has 0 saturated carbocycles. The molecule has 0 fully saturated rings. The zero-order valence-electron chi connectivity index (χ0n) is 6.41. The zero-order chi connectivity index (χ0) is 6.62. The van der Waals surface area contributed by atoms with Gasteiger partial charge < -0.3 is 4.98 Å². The van der Waals surface area contributed by atoms with E-state index in [0.717, 1.165) is 0 Å². The summed E-state index contributed by atoms with van der Waals surface area (Å²) in [5, 5.41) is 0. The van der Waals surface area contributed by atoms with Crippen LogP contribution in [-0.2, 0) is 0 Å². The number of hydrogen-bond donors (Lipinski definition) is 1. The van der Waals surface area contributed by atoms with Crippen LogP contribution in [0.5, 0.6) is 0 Å². The molecule has 0 amide bonds. The Morgan fingerprint density at radius 2 is 1.88 bits per heavy atom. The molecule has 0 aromatic rings. The van der Waals surface area contributed by atoms with E-state index in [2.05, 4.69) is 32.8 Å². The lowest BCUT2D eigenvalue weighted by Crippen LogP contribution is -2.19. The zero-order valence-corrected chi connectivity index (χ0v) is 7.83. The van der Waals surface area contributed by atoms with E-state index in [1.54, 1.807) is 0 Å². The van der Waals surface area contributed by atoms with Crippen LogP contribution >= 0.6 is 0 Å². The van der Waals surface area contributed by atoms with Gasteiger partial charge in [-0.3, -0.25) is 0 Å². The molecule has 0 aromatic heterocycles. The molecule has 0 spiro atoms. The van der Waals surface area contributed by atoms with Crippen LogP contribution < -0.4 is 4.98 Å². The van der Waals surface area contributed by atoms with Crippen molar-refractivity contribution in [1.82, 2.24) is 4.98 Å². The fourth-order valence-corrected chi connectivity index (χ4v) is 1.50. The first-order valence-corrected chi connectivity index (χ1v) is 4.91. The standard InChI is InChI=1S/C6H17NSi/c1-6(2,3)5-8-7-4/h7H,5,8H2,1-4H3. The van der Waals surface area contributed by atoms with Gasteiger partial charge in [0, 0.05) is 0 Å². The van der Waals surface area contributed by atoms with Crippen LogP contribution in [-0.4, -0.2) is 16.7 Å². The third kappa shape index (κ3) is 6.18. The van der Waals surface area contributed by atoms with Crippen LogP contribution in [0.2, 0.25) is 6.04 Å². The van der Waals surface area contributed by atoms with Crippen LogP contribution in [0.1, 0.15) is 20.8 Å². The monoisotopic (exact) mass is 131 g/mol. The highest BCUT2D eigenvalue weighted by Gasteiger charge is 2.07. The molecule has 2 heteroatoms. The van der Waals surface area contributed by atoms with Gasteiger partial charge in [-0.25, -0.2) is 0 Å². The van der Waals surface area contributed by atoms with Crippen LogP contribution in [0, 0.1) is 5.41 Å². The molecule has 0 aliphatic heterocycles. The van der Waals surface area contributed by atoms with Crippen LogP contribution in [0.25, 0.3) is 0 Å². The molecule has 0 heterocycles. The molecule has 0 atom stereocenters. The van der Waals surface area contributed by atoms with Gasteiger partial charge in [0.1, 0.15) is 0 Å². The SMILES string of the molecule is CN[SiH2]CC(C)(C)C. The molecule has 8 heavy (non-hydrogen) atoms. The fourth-order valence-electron chi connectivity index (χ4n) is 0.500. The van der Waals surface area contributed by atoms with Gasteiger partial charge in [0.15, 0.2) is 0 Å². The molecule has 0 rings (SSSR count). The lowest BCUT2D eigenvalue weighted by molar-refractivity contribution is 0.465. The van der Waals surface area contributed by atoms with Gasteiger partial charge >= 0.3 is 0 Å². The molecule has 1 N–H and O–H groups in total. The minimum atomic E-state index is 0.0675. The normalized spacial score (nSPS) is 13.5. The highest BCUT2D eigenvalue weighted by Crippen LogP contribution is 2.17. The molecule has 0 aliphatic carbocycles. The van der Waals surface area contributed by atoms with Crippen molar-refractivity contribution in [1.29, 1.82) is 0 Å². The summed E-state index contributed by atoms with van der Waals surface area (Å²) in [4.78, 5) is 3.26. The summed E-state index contributed by atoms with van der Waals surface area (Å²) in [6.45, 7) is 6.87. The van der Waals surface area contributed by atoms with Crippen molar-refractivity contribution in [2.45, 2.75) is 26.8 Å². The van der Waals surface area contributed by atoms with Gasteiger partial charge in [-0.2, -0.15) is 0 Å². The smallest absolute Gasteiger partial charge is 0.0918 e. The van der Waals surface area contributed by atoms with Crippen molar-refractivity contribution >= 4 is 9.68 Å². The van der Waals surface area contributed by atoms with Crippen molar-refractivity contribution in [2.75, 3.05) is 7.05 Å². The van der Waals surface area contributed by atoms with Gasteiger partial charge in [0.25, 0.3) is 0 Å².